The van der Waals surface area contributed by atoms with Crippen LogP contribution in [0.5, 0.6) is 0 Å². The number of nitrogens with one attached hydrogen (secondary N) is 1. The lowest BCUT2D eigenvalue weighted by Gasteiger charge is -2.37. The monoisotopic (exact) mass is 346 g/mol. The molecule has 0 saturated carbocycles. The van der Waals surface area contributed by atoms with Gasteiger partial charge in [-0.3, -0.25) is 9.67 Å². The summed E-state index contributed by atoms with van der Waals surface area (Å²) in [6.45, 7) is 4.50. The molecule has 2 heterocycles. The molecule has 1 N–H and O–H groups in total. The average Bonchev–Trinajstić information content (AvgIpc) is 3.01. The topological polar surface area (TPSA) is 48.7 Å². The van der Waals surface area contributed by atoms with E-state index in [2.05, 4.69) is 31.3 Å². The first-order valence-electron chi connectivity index (χ1n) is 8.09. The Morgan fingerprint density at radius 3 is 2.71 bits per heavy atom. The smallest absolute Gasteiger partial charge is 0.194 e. The molecular weight excluding hydrogens is 324 g/mol. The maximum atomic E-state index is 6.09. The molecule has 24 heavy (non-hydrogen) atoms. The first-order chi connectivity index (χ1) is 11.7. The predicted octanol–water partition coefficient (Wildman–Crippen LogP) is 1.97. The molecule has 3 rings (SSSR count). The summed E-state index contributed by atoms with van der Waals surface area (Å²) in [5, 5.41) is 8.39. The van der Waals surface area contributed by atoms with E-state index in [1.165, 1.54) is 5.69 Å². The van der Waals surface area contributed by atoms with Crippen LogP contribution in [0.1, 0.15) is 5.56 Å². The number of benzene rings is 1. The number of aryl methyl sites for hydroxylation is 1. The second kappa shape index (κ2) is 7.57. The van der Waals surface area contributed by atoms with Crippen LogP contribution >= 0.6 is 11.6 Å². The van der Waals surface area contributed by atoms with Crippen LogP contribution < -0.4 is 10.2 Å². The molecule has 6 nitrogen and oxygen atoms in total. The fourth-order valence-electron chi connectivity index (χ4n) is 2.93. The zero-order valence-corrected chi connectivity index (χ0v) is 14.9. The van der Waals surface area contributed by atoms with E-state index in [0.29, 0.717) is 0 Å². The number of aliphatic imine (C=N–C) groups is 1. The van der Waals surface area contributed by atoms with Crippen molar-refractivity contribution in [1.82, 2.24) is 20.0 Å². The van der Waals surface area contributed by atoms with Crippen molar-refractivity contribution in [2.75, 3.05) is 38.1 Å². The van der Waals surface area contributed by atoms with Gasteiger partial charge in [0.15, 0.2) is 5.96 Å². The molecule has 1 saturated heterocycles. The molecule has 0 unspecified atom stereocenters. The Morgan fingerprint density at radius 2 is 2.08 bits per heavy atom. The number of hydrogen-bond donors (Lipinski definition) is 1. The van der Waals surface area contributed by atoms with Crippen molar-refractivity contribution in [3.8, 4) is 0 Å². The number of nitrogens with zero attached hydrogens (tertiary/aromatic N) is 5. The van der Waals surface area contributed by atoms with Gasteiger partial charge in [-0.15, -0.1) is 0 Å². The molecule has 0 amide bonds. The Hall–Kier alpha value is -2.21. The number of anilines is 1. The Balaban J connectivity index is 1.54. The second-order valence-electron chi connectivity index (χ2n) is 5.88. The number of piperazine rings is 1. The van der Waals surface area contributed by atoms with Crippen LogP contribution in [-0.2, 0) is 13.6 Å². The summed E-state index contributed by atoms with van der Waals surface area (Å²) in [7, 11) is 3.75. The Kier molecular flexibility index (Phi) is 5.25. The third kappa shape index (κ3) is 4.00. The molecule has 0 spiro atoms. The van der Waals surface area contributed by atoms with Gasteiger partial charge in [-0.25, -0.2) is 0 Å². The molecule has 1 aromatic carbocycles. The summed E-state index contributed by atoms with van der Waals surface area (Å²) in [4.78, 5) is 9.06. The van der Waals surface area contributed by atoms with Crippen molar-refractivity contribution in [1.29, 1.82) is 0 Å². The minimum absolute atomic E-state index is 0.731. The fraction of sp³-hybridized carbons (Fsp3) is 0.412. The van der Waals surface area contributed by atoms with Gasteiger partial charge in [-0.2, -0.15) is 5.10 Å². The van der Waals surface area contributed by atoms with Gasteiger partial charge in [0, 0.05) is 69.3 Å². The number of guanidine groups is 1. The molecule has 1 aliphatic rings. The van der Waals surface area contributed by atoms with Gasteiger partial charge in [0.2, 0.25) is 0 Å². The maximum absolute atomic E-state index is 6.09. The number of hydrogen-bond acceptors (Lipinski definition) is 3. The fourth-order valence-corrected chi connectivity index (χ4v) is 3.11. The predicted molar refractivity (Wildman–Crippen MR) is 98.6 cm³/mol. The highest BCUT2D eigenvalue weighted by Gasteiger charge is 2.19. The Morgan fingerprint density at radius 1 is 1.29 bits per heavy atom. The van der Waals surface area contributed by atoms with Gasteiger partial charge in [0.25, 0.3) is 0 Å². The summed E-state index contributed by atoms with van der Waals surface area (Å²) >= 11 is 6.09. The summed E-state index contributed by atoms with van der Waals surface area (Å²) in [6, 6.07) is 8.04. The maximum Gasteiger partial charge on any atom is 0.194 e. The summed E-state index contributed by atoms with van der Waals surface area (Å²) in [5.41, 5.74) is 2.33. The van der Waals surface area contributed by atoms with E-state index in [1.54, 1.807) is 0 Å². The zero-order valence-electron chi connectivity index (χ0n) is 14.1. The minimum atomic E-state index is 0.731. The number of aromatic nitrogens is 2. The van der Waals surface area contributed by atoms with E-state index in [0.717, 1.165) is 49.3 Å². The summed E-state index contributed by atoms with van der Waals surface area (Å²) in [5.74, 6) is 0.935. The van der Waals surface area contributed by atoms with Gasteiger partial charge in [-0.1, -0.05) is 17.7 Å². The van der Waals surface area contributed by atoms with Crippen LogP contribution in [0, 0.1) is 0 Å². The van der Waals surface area contributed by atoms with Crippen molar-refractivity contribution in [2.45, 2.75) is 6.54 Å². The van der Waals surface area contributed by atoms with Gasteiger partial charge < -0.3 is 15.1 Å². The first-order valence-corrected chi connectivity index (χ1v) is 8.47. The average molecular weight is 347 g/mol. The van der Waals surface area contributed by atoms with Crippen molar-refractivity contribution in [3.63, 3.8) is 0 Å². The third-order valence-electron chi connectivity index (χ3n) is 4.17. The summed E-state index contributed by atoms with van der Waals surface area (Å²) < 4.78 is 1.81. The van der Waals surface area contributed by atoms with Crippen molar-refractivity contribution >= 4 is 23.2 Å². The molecule has 0 aliphatic carbocycles. The minimum Gasteiger partial charge on any atom is -0.368 e. The van der Waals surface area contributed by atoms with Gasteiger partial charge >= 0.3 is 0 Å². The molecule has 7 heteroatoms. The van der Waals surface area contributed by atoms with Gasteiger partial charge in [-0.05, 0) is 18.2 Å². The third-order valence-corrected chi connectivity index (χ3v) is 4.41. The molecule has 0 atom stereocenters. The number of rotatable bonds is 3. The largest absolute Gasteiger partial charge is 0.368 e. The van der Waals surface area contributed by atoms with E-state index >= 15 is 0 Å². The lowest BCUT2D eigenvalue weighted by atomic mass is 10.2. The second-order valence-corrected chi connectivity index (χ2v) is 6.31. The van der Waals surface area contributed by atoms with Crippen LogP contribution in [0.3, 0.4) is 0 Å². The van der Waals surface area contributed by atoms with Gasteiger partial charge in [0.05, 0.1) is 6.20 Å². The normalized spacial score (nSPS) is 15.7. The van der Waals surface area contributed by atoms with E-state index in [9.17, 15) is 0 Å². The molecule has 1 aromatic heterocycles. The quantitative estimate of drug-likeness (QED) is 0.682. The molecule has 0 radical (unpaired) electrons. The highest BCUT2D eigenvalue weighted by Crippen LogP contribution is 2.20. The van der Waals surface area contributed by atoms with E-state index in [1.807, 2.05) is 49.4 Å². The van der Waals surface area contributed by atoms with Crippen LogP contribution in [-0.4, -0.2) is 53.9 Å². The lowest BCUT2D eigenvalue weighted by Crippen LogP contribution is -2.52. The standard InChI is InChI=1S/C17H23ClN6/c1-19-17(20-11-14-12-21-22(2)13-14)24-8-6-23(7-9-24)16-5-3-4-15(18)10-16/h3-5,10,12-13H,6-9,11H2,1-2H3,(H,19,20). The van der Waals surface area contributed by atoms with Crippen molar-refractivity contribution < 1.29 is 0 Å². The Bertz CT molecular complexity index is 703. The van der Waals surface area contributed by atoms with Crippen LogP contribution in [0.2, 0.25) is 5.02 Å². The molecule has 1 aliphatic heterocycles. The molecule has 0 bridgehead atoms. The van der Waals surface area contributed by atoms with E-state index in [4.69, 9.17) is 11.6 Å². The molecule has 2 aromatic rings. The van der Waals surface area contributed by atoms with E-state index in [-0.39, 0.29) is 0 Å². The zero-order chi connectivity index (χ0) is 16.9. The van der Waals surface area contributed by atoms with Gasteiger partial charge in [0.1, 0.15) is 0 Å². The van der Waals surface area contributed by atoms with Crippen LogP contribution in [0.15, 0.2) is 41.7 Å². The lowest BCUT2D eigenvalue weighted by molar-refractivity contribution is 0.372. The molecule has 1 fully saturated rings. The molecule has 128 valence electrons. The van der Waals surface area contributed by atoms with E-state index < -0.39 is 0 Å². The Labute approximate surface area is 147 Å². The number of halogens is 1. The summed E-state index contributed by atoms with van der Waals surface area (Å²) in [6.07, 6.45) is 3.88. The first kappa shape index (κ1) is 16.6. The van der Waals surface area contributed by atoms with Crippen LogP contribution in [0.4, 0.5) is 5.69 Å². The van der Waals surface area contributed by atoms with Crippen molar-refractivity contribution in [2.24, 2.45) is 12.0 Å². The SMILES string of the molecule is CN=C(NCc1cnn(C)c1)N1CCN(c2cccc(Cl)c2)CC1. The molecular formula is C17H23ClN6. The highest BCUT2D eigenvalue weighted by atomic mass is 35.5. The van der Waals surface area contributed by atoms with Crippen molar-refractivity contribution in [3.05, 3.63) is 47.2 Å². The van der Waals surface area contributed by atoms with Crippen LogP contribution in [0.25, 0.3) is 0 Å². The highest BCUT2D eigenvalue weighted by molar-refractivity contribution is 6.30.